The molecular formula is C7H9N2NaO5P. The smallest absolute Gasteiger partial charge is 0.404 e. The molecule has 5 N–H and O–H groups in total. The van der Waals surface area contributed by atoms with E-state index in [0.717, 1.165) is 0 Å². The molecule has 0 aliphatic carbocycles. The first-order valence-electron chi connectivity index (χ1n) is 3.78. The SMILES string of the molecule is NC(=O)Nc1ccc(OP(=O)(O)O)cc1.[Na]. The number of carbonyl (C=O) groups is 1. The van der Waals surface area contributed by atoms with Crippen molar-refractivity contribution in [3.05, 3.63) is 24.3 Å². The van der Waals surface area contributed by atoms with Gasteiger partial charge >= 0.3 is 13.9 Å². The van der Waals surface area contributed by atoms with E-state index in [1.54, 1.807) is 0 Å². The molecule has 0 saturated heterocycles. The monoisotopic (exact) mass is 255 g/mol. The first-order chi connectivity index (χ1) is 6.87. The molecule has 0 unspecified atom stereocenters. The third kappa shape index (κ3) is 6.12. The van der Waals surface area contributed by atoms with Crippen molar-refractivity contribution >= 4 is 49.1 Å². The van der Waals surface area contributed by atoms with E-state index in [4.69, 9.17) is 15.5 Å². The van der Waals surface area contributed by atoms with E-state index >= 15 is 0 Å². The Morgan fingerprint density at radius 2 is 1.81 bits per heavy atom. The number of nitrogens with one attached hydrogen (secondary N) is 1. The third-order valence-electron chi connectivity index (χ3n) is 1.35. The zero-order chi connectivity index (χ0) is 11.5. The number of phosphoric acid groups is 1. The number of hydrogen-bond acceptors (Lipinski definition) is 3. The Kier molecular flexibility index (Phi) is 6.02. The molecule has 1 radical (unpaired) electrons. The van der Waals surface area contributed by atoms with Crippen molar-refractivity contribution in [3.8, 4) is 5.75 Å². The number of primary amides is 1. The quantitative estimate of drug-likeness (QED) is 0.456. The minimum absolute atomic E-state index is 0. The minimum Gasteiger partial charge on any atom is -0.404 e. The van der Waals surface area contributed by atoms with Crippen LogP contribution in [0.25, 0.3) is 0 Å². The first kappa shape index (κ1) is 15.4. The van der Waals surface area contributed by atoms with E-state index in [1.807, 2.05) is 0 Å². The number of urea groups is 1. The molecule has 0 spiro atoms. The van der Waals surface area contributed by atoms with Gasteiger partial charge in [0.15, 0.2) is 0 Å². The summed E-state index contributed by atoms with van der Waals surface area (Å²) in [6.45, 7) is 0. The molecule has 0 fully saturated rings. The van der Waals surface area contributed by atoms with Gasteiger partial charge in [0.05, 0.1) is 0 Å². The number of benzene rings is 1. The molecular weight excluding hydrogens is 246 g/mol. The van der Waals surface area contributed by atoms with Crippen molar-refractivity contribution in [2.24, 2.45) is 5.73 Å². The standard InChI is InChI=1S/C7H9N2O5P.Na/c8-7(10)9-5-1-3-6(4-2-5)14-15(11,12)13;/h1-4H,(H3,8,9,10)(H2,11,12,13);. The van der Waals surface area contributed by atoms with Crippen LogP contribution in [0.1, 0.15) is 0 Å². The Balaban J connectivity index is 0.00000225. The van der Waals surface area contributed by atoms with E-state index < -0.39 is 13.9 Å². The van der Waals surface area contributed by atoms with Gasteiger partial charge in [0, 0.05) is 35.2 Å². The van der Waals surface area contributed by atoms with Crippen molar-refractivity contribution in [1.29, 1.82) is 0 Å². The molecule has 9 heteroatoms. The van der Waals surface area contributed by atoms with Gasteiger partial charge in [0.2, 0.25) is 0 Å². The fraction of sp³-hybridized carbons (Fsp3) is 0. The molecule has 1 aromatic rings. The van der Waals surface area contributed by atoms with E-state index in [9.17, 15) is 9.36 Å². The van der Waals surface area contributed by atoms with Gasteiger partial charge in [-0.3, -0.25) is 9.79 Å². The van der Waals surface area contributed by atoms with Crippen molar-refractivity contribution in [2.75, 3.05) is 5.32 Å². The van der Waals surface area contributed by atoms with Gasteiger partial charge in [-0.25, -0.2) is 9.36 Å². The molecule has 1 aromatic carbocycles. The minimum atomic E-state index is -4.54. The largest absolute Gasteiger partial charge is 0.524 e. The maximum absolute atomic E-state index is 10.4. The van der Waals surface area contributed by atoms with Crippen LogP contribution in [0.3, 0.4) is 0 Å². The van der Waals surface area contributed by atoms with Crippen LogP contribution >= 0.6 is 7.82 Å². The second-order valence-electron chi connectivity index (χ2n) is 2.60. The van der Waals surface area contributed by atoms with Crippen LogP contribution in [0.4, 0.5) is 10.5 Å². The van der Waals surface area contributed by atoms with E-state index in [1.165, 1.54) is 24.3 Å². The van der Waals surface area contributed by atoms with E-state index in [2.05, 4.69) is 9.84 Å². The predicted octanol–water partition coefficient (Wildman–Crippen LogP) is 0.268. The second kappa shape index (κ2) is 6.24. The molecule has 7 nitrogen and oxygen atoms in total. The molecule has 0 heterocycles. The molecule has 16 heavy (non-hydrogen) atoms. The van der Waals surface area contributed by atoms with E-state index in [-0.39, 0.29) is 35.3 Å². The van der Waals surface area contributed by atoms with Crippen LogP contribution in [0, 0.1) is 0 Å². The first-order valence-corrected chi connectivity index (χ1v) is 5.31. The molecule has 0 aromatic heterocycles. The summed E-state index contributed by atoms with van der Waals surface area (Å²) in [6, 6.07) is 4.67. The molecule has 0 aliphatic rings. The zero-order valence-corrected chi connectivity index (χ0v) is 11.3. The van der Waals surface area contributed by atoms with Crippen molar-refractivity contribution in [2.45, 2.75) is 0 Å². The molecule has 1 rings (SSSR count). The molecule has 0 bridgehead atoms. The summed E-state index contributed by atoms with van der Waals surface area (Å²) in [7, 11) is -4.54. The Morgan fingerprint density at radius 1 is 1.31 bits per heavy atom. The van der Waals surface area contributed by atoms with Gasteiger partial charge in [-0.2, -0.15) is 0 Å². The topological polar surface area (TPSA) is 122 Å². The molecule has 0 saturated carbocycles. The van der Waals surface area contributed by atoms with Gasteiger partial charge in [-0.05, 0) is 24.3 Å². The summed E-state index contributed by atoms with van der Waals surface area (Å²) in [6.07, 6.45) is 0. The summed E-state index contributed by atoms with van der Waals surface area (Å²) < 4.78 is 14.7. The summed E-state index contributed by atoms with van der Waals surface area (Å²) >= 11 is 0. The Labute approximate surface area is 114 Å². The van der Waals surface area contributed by atoms with Crippen LogP contribution in [0.15, 0.2) is 24.3 Å². The van der Waals surface area contributed by atoms with Crippen LogP contribution in [-0.2, 0) is 4.57 Å². The Bertz CT molecular complexity index is 404. The van der Waals surface area contributed by atoms with Crippen LogP contribution in [0.2, 0.25) is 0 Å². The van der Waals surface area contributed by atoms with Gasteiger partial charge in [0.1, 0.15) is 5.75 Å². The van der Waals surface area contributed by atoms with Gasteiger partial charge in [-0.1, -0.05) is 0 Å². The van der Waals surface area contributed by atoms with Gasteiger partial charge < -0.3 is 15.6 Å². The Morgan fingerprint density at radius 3 is 2.19 bits per heavy atom. The fourth-order valence-corrected chi connectivity index (χ4v) is 1.28. The number of phosphoric ester groups is 1. The normalized spacial score (nSPS) is 10.1. The number of anilines is 1. The average Bonchev–Trinajstić information content (AvgIpc) is 2.05. The maximum atomic E-state index is 10.4. The molecule has 0 aliphatic heterocycles. The fourth-order valence-electron chi connectivity index (χ4n) is 0.879. The summed E-state index contributed by atoms with van der Waals surface area (Å²) in [5.74, 6) is -0.00152. The molecule has 83 valence electrons. The number of hydrogen-bond donors (Lipinski definition) is 4. The van der Waals surface area contributed by atoms with Crippen molar-refractivity contribution < 1.29 is 23.7 Å². The number of rotatable bonds is 3. The summed E-state index contributed by atoms with van der Waals surface area (Å²) in [5, 5.41) is 2.28. The molecule has 0 atom stereocenters. The number of carbonyl (C=O) groups excluding carboxylic acids is 1. The average molecular weight is 255 g/mol. The van der Waals surface area contributed by atoms with Gasteiger partial charge in [0.25, 0.3) is 0 Å². The Hall–Kier alpha value is -0.560. The van der Waals surface area contributed by atoms with Crippen molar-refractivity contribution in [1.82, 2.24) is 0 Å². The van der Waals surface area contributed by atoms with E-state index in [0.29, 0.717) is 5.69 Å². The maximum Gasteiger partial charge on any atom is 0.524 e. The van der Waals surface area contributed by atoms with Gasteiger partial charge in [-0.15, -0.1) is 0 Å². The third-order valence-corrected chi connectivity index (χ3v) is 1.79. The van der Waals surface area contributed by atoms with Crippen LogP contribution in [-0.4, -0.2) is 45.4 Å². The number of amides is 2. The summed E-state index contributed by atoms with van der Waals surface area (Å²) in [5.41, 5.74) is 5.26. The van der Waals surface area contributed by atoms with Crippen LogP contribution < -0.4 is 15.6 Å². The second-order valence-corrected chi connectivity index (χ2v) is 3.76. The molecule has 2 amide bonds. The zero-order valence-electron chi connectivity index (χ0n) is 8.45. The van der Waals surface area contributed by atoms with Crippen LogP contribution in [0.5, 0.6) is 5.75 Å². The van der Waals surface area contributed by atoms with Crippen molar-refractivity contribution in [3.63, 3.8) is 0 Å². The number of nitrogens with two attached hydrogens (primary N) is 1. The summed E-state index contributed by atoms with van der Waals surface area (Å²) in [4.78, 5) is 27.4. The predicted molar refractivity (Wildman–Crippen MR) is 58.1 cm³/mol.